The van der Waals surface area contributed by atoms with Crippen LogP contribution in [-0.4, -0.2) is 19.1 Å². The van der Waals surface area contributed by atoms with Crippen LogP contribution >= 0.6 is 0 Å². The Balaban J connectivity index is 2.64. The molecule has 0 aliphatic heterocycles. The van der Waals surface area contributed by atoms with Crippen LogP contribution in [0.3, 0.4) is 0 Å². The number of nitrogens with zero attached hydrogens (tertiary/aromatic N) is 3. The standard InChI is InChI=1S/C22H27N3/c1-7-11-22(4,16(2)3)20-9-8-17(15-23)13-19(20)21-14-18(25(5)6)10-12-24-21/h7,9-14,16,20H,1-6H3. The zero-order chi connectivity index (χ0) is 18.6. The largest absolute Gasteiger partial charge is 0.378 e. The summed E-state index contributed by atoms with van der Waals surface area (Å²) in [5.74, 6) is 0.543. The molecule has 1 aromatic heterocycles. The maximum absolute atomic E-state index is 9.34. The van der Waals surface area contributed by atoms with E-state index in [1.807, 2.05) is 38.5 Å². The van der Waals surface area contributed by atoms with Gasteiger partial charge in [-0.15, -0.1) is 5.73 Å². The minimum atomic E-state index is -0.0790. The Labute approximate surface area is 151 Å². The van der Waals surface area contributed by atoms with Gasteiger partial charge in [0.1, 0.15) is 6.07 Å². The minimum absolute atomic E-state index is 0.0790. The van der Waals surface area contributed by atoms with Crippen molar-refractivity contribution < 1.29 is 0 Å². The van der Waals surface area contributed by atoms with Gasteiger partial charge >= 0.3 is 0 Å². The molecular weight excluding hydrogens is 306 g/mol. The Bertz CT molecular complexity index is 799. The Hall–Kier alpha value is -2.56. The highest BCUT2D eigenvalue weighted by Gasteiger charge is 2.37. The van der Waals surface area contributed by atoms with E-state index in [-0.39, 0.29) is 11.3 Å². The van der Waals surface area contributed by atoms with Crippen LogP contribution in [0.25, 0.3) is 5.57 Å². The summed E-state index contributed by atoms with van der Waals surface area (Å²) in [6.45, 7) is 8.79. The first-order valence-corrected chi connectivity index (χ1v) is 8.69. The normalized spacial score (nSPS) is 19.4. The van der Waals surface area contributed by atoms with Crippen molar-refractivity contribution in [3.63, 3.8) is 0 Å². The molecule has 2 rings (SSSR count). The molecule has 1 aromatic rings. The summed E-state index contributed by atoms with van der Waals surface area (Å²) >= 11 is 0. The summed E-state index contributed by atoms with van der Waals surface area (Å²) in [6, 6.07) is 6.30. The first-order valence-electron chi connectivity index (χ1n) is 8.69. The Kier molecular flexibility index (Phi) is 5.67. The van der Waals surface area contributed by atoms with Crippen LogP contribution in [0.1, 0.15) is 33.4 Å². The number of hydrogen-bond donors (Lipinski definition) is 0. The van der Waals surface area contributed by atoms with Crippen LogP contribution in [0.2, 0.25) is 0 Å². The van der Waals surface area contributed by atoms with Gasteiger partial charge in [0, 0.05) is 31.9 Å². The van der Waals surface area contributed by atoms with Crippen molar-refractivity contribution in [3.8, 4) is 6.07 Å². The van der Waals surface area contributed by atoms with E-state index in [9.17, 15) is 5.26 Å². The molecule has 0 saturated carbocycles. The van der Waals surface area contributed by atoms with Gasteiger partial charge in [-0.25, -0.2) is 0 Å². The lowest BCUT2D eigenvalue weighted by Gasteiger charge is -2.39. The third-order valence-corrected chi connectivity index (χ3v) is 5.16. The predicted octanol–water partition coefficient (Wildman–Crippen LogP) is 5.00. The predicted molar refractivity (Wildman–Crippen MR) is 105 cm³/mol. The van der Waals surface area contributed by atoms with E-state index >= 15 is 0 Å². The van der Waals surface area contributed by atoms with Gasteiger partial charge in [-0.2, -0.15) is 5.26 Å². The van der Waals surface area contributed by atoms with Crippen LogP contribution in [0, 0.1) is 28.6 Å². The fourth-order valence-electron chi connectivity index (χ4n) is 3.23. The van der Waals surface area contributed by atoms with E-state index in [1.54, 1.807) is 0 Å². The molecule has 0 bridgehead atoms. The molecule has 25 heavy (non-hydrogen) atoms. The first kappa shape index (κ1) is 18.8. The number of nitriles is 1. The monoisotopic (exact) mass is 333 g/mol. The van der Waals surface area contributed by atoms with Gasteiger partial charge in [-0.1, -0.05) is 32.9 Å². The van der Waals surface area contributed by atoms with Crippen LogP contribution in [0.15, 0.2) is 53.9 Å². The molecule has 1 heterocycles. The molecule has 0 N–H and O–H groups in total. The SMILES string of the molecule is CC=CC(C)(C(C)C)C1C=C=C(C#N)C=C1c1cc(N(C)C)ccn1. The lowest BCUT2D eigenvalue weighted by molar-refractivity contribution is 0.254. The van der Waals surface area contributed by atoms with Crippen molar-refractivity contribution in [3.05, 3.63) is 59.6 Å². The van der Waals surface area contributed by atoms with Crippen LogP contribution in [0.5, 0.6) is 0 Å². The van der Waals surface area contributed by atoms with Gasteiger partial charge in [-0.05, 0) is 48.1 Å². The molecule has 3 heteroatoms. The maximum Gasteiger partial charge on any atom is 0.108 e. The average Bonchev–Trinajstić information content (AvgIpc) is 2.61. The summed E-state index contributed by atoms with van der Waals surface area (Å²) in [5, 5.41) is 9.34. The Morgan fingerprint density at radius 3 is 2.68 bits per heavy atom. The lowest BCUT2D eigenvalue weighted by Crippen LogP contribution is -2.31. The number of aromatic nitrogens is 1. The van der Waals surface area contributed by atoms with E-state index in [0.717, 1.165) is 17.0 Å². The van der Waals surface area contributed by atoms with E-state index in [0.29, 0.717) is 11.5 Å². The number of allylic oxidation sites excluding steroid dienone is 5. The van der Waals surface area contributed by atoms with Crippen molar-refractivity contribution in [2.24, 2.45) is 17.3 Å². The molecule has 3 nitrogen and oxygen atoms in total. The molecule has 0 radical (unpaired) electrons. The van der Waals surface area contributed by atoms with Crippen molar-refractivity contribution >= 4 is 11.3 Å². The molecular formula is C22H27N3. The van der Waals surface area contributed by atoms with Gasteiger partial charge in [0.25, 0.3) is 0 Å². The van der Waals surface area contributed by atoms with Crippen LogP contribution in [-0.2, 0) is 0 Å². The summed E-state index contributed by atoms with van der Waals surface area (Å²) in [4.78, 5) is 6.67. The zero-order valence-electron chi connectivity index (χ0n) is 16.0. The molecule has 2 atom stereocenters. The van der Waals surface area contributed by atoms with Crippen molar-refractivity contribution in [2.75, 3.05) is 19.0 Å². The molecule has 130 valence electrons. The van der Waals surface area contributed by atoms with Crippen molar-refractivity contribution in [2.45, 2.75) is 27.7 Å². The zero-order valence-corrected chi connectivity index (χ0v) is 16.0. The van der Waals surface area contributed by atoms with Crippen LogP contribution in [0.4, 0.5) is 5.69 Å². The van der Waals surface area contributed by atoms with Gasteiger partial charge in [0.15, 0.2) is 0 Å². The quantitative estimate of drug-likeness (QED) is 0.562. The molecule has 0 spiro atoms. The maximum atomic E-state index is 9.34. The van der Waals surface area contributed by atoms with E-state index in [1.165, 1.54) is 0 Å². The number of anilines is 1. The van der Waals surface area contributed by atoms with E-state index in [2.05, 4.69) is 67.6 Å². The van der Waals surface area contributed by atoms with Gasteiger partial charge in [0.2, 0.25) is 0 Å². The highest BCUT2D eigenvalue weighted by atomic mass is 15.1. The lowest BCUT2D eigenvalue weighted by atomic mass is 9.64. The second kappa shape index (κ2) is 7.55. The molecule has 1 aliphatic rings. The second-order valence-electron chi connectivity index (χ2n) is 7.23. The fourth-order valence-corrected chi connectivity index (χ4v) is 3.23. The van der Waals surface area contributed by atoms with Crippen LogP contribution < -0.4 is 4.90 Å². The third kappa shape index (κ3) is 3.76. The second-order valence-corrected chi connectivity index (χ2v) is 7.23. The number of hydrogen-bond acceptors (Lipinski definition) is 3. The molecule has 2 unspecified atom stereocenters. The number of pyridine rings is 1. The number of rotatable bonds is 5. The highest BCUT2D eigenvalue weighted by molar-refractivity contribution is 5.74. The fraction of sp³-hybridized carbons (Fsp3) is 0.409. The van der Waals surface area contributed by atoms with Gasteiger partial charge in [-0.3, -0.25) is 4.98 Å². The molecule has 0 amide bonds. The Morgan fingerprint density at radius 1 is 1.40 bits per heavy atom. The third-order valence-electron chi connectivity index (χ3n) is 5.16. The summed E-state index contributed by atoms with van der Waals surface area (Å²) < 4.78 is 0. The minimum Gasteiger partial charge on any atom is -0.378 e. The van der Waals surface area contributed by atoms with E-state index < -0.39 is 0 Å². The van der Waals surface area contributed by atoms with Gasteiger partial charge < -0.3 is 4.90 Å². The smallest absolute Gasteiger partial charge is 0.108 e. The average molecular weight is 333 g/mol. The van der Waals surface area contributed by atoms with Gasteiger partial charge in [0.05, 0.1) is 11.3 Å². The molecule has 0 saturated heterocycles. The molecule has 0 fully saturated rings. The van der Waals surface area contributed by atoms with E-state index in [4.69, 9.17) is 0 Å². The van der Waals surface area contributed by atoms with Crippen molar-refractivity contribution in [1.82, 2.24) is 4.98 Å². The molecule has 0 aromatic carbocycles. The summed E-state index contributed by atoms with van der Waals surface area (Å²) in [7, 11) is 4.04. The topological polar surface area (TPSA) is 39.9 Å². The summed E-state index contributed by atoms with van der Waals surface area (Å²) in [5.41, 5.74) is 6.72. The highest BCUT2D eigenvalue weighted by Crippen LogP contribution is 2.46. The Morgan fingerprint density at radius 2 is 2.12 bits per heavy atom. The summed E-state index contributed by atoms with van der Waals surface area (Å²) in [6.07, 6.45) is 10.2. The first-order chi connectivity index (χ1) is 11.8. The molecule has 1 aliphatic carbocycles. The van der Waals surface area contributed by atoms with Crippen molar-refractivity contribution in [1.29, 1.82) is 5.26 Å².